The molecule has 1 saturated carbocycles. The molecule has 2 atom stereocenters. The molecule has 1 N–H and O–H groups in total. The predicted molar refractivity (Wildman–Crippen MR) is 34.5 cm³/mol. The van der Waals surface area contributed by atoms with Gasteiger partial charge in [0.15, 0.2) is 0 Å². The van der Waals surface area contributed by atoms with Crippen molar-refractivity contribution in [3.63, 3.8) is 0 Å². The maximum Gasteiger partial charge on any atom is 0.244 e. The van der Waals surface area contributed by atoms with E-state index >= 15 is 0 Å². The molecule has 1 amide bonds. The van der Waals surface area contributed by atoms with Crippen LogP contribution in [0.4, 0.5) is 0 Å². The molecule has 1 rings (SSSR count). The molecular formula is C7H12NO. The van der Waals surface area contributed by atoms with Crippen LogP contribution in [0.3, 0.4) is 0 Å². The van der Waals surface area contributed by atoms with Crippen LogP contribution in [-0.4, -0.2) is 5.91 Å². The number of hydrogen-bond donors (Lipinski definition) is 0. The van der Waals surface area contributed by atoms with Crippen LogP contribution in [0.15, 0.2) is 0 Å². The van der Waals surface area contributed by atoms with Gasteiger partial charge in [-0.2, -0.15) is 0 Å². The monoisotopic (exact) mass is 126 g/mol. The van der Waals surface area contributed by atoms with Gasteiger partial charge in [-0.05, 0) is 11.8 Å². The number of carbonyl (C=O) groups is 1. The zero-order chi connectivity index (χ0) is 7.23. The average Bonchev–Trinajstić information content (AvgIpc) is 2.22. The van der Waals surface area contributed by atoms with Crippen LogP contribution in [0.1, 0.15) is 20.8 Å². The van der Waals surface area contributed by atoms with Crippen molar-refractivity contribution in [3.8, 4) is 0 Å². The van der Waals surface area contributed by atoms with Gasteiger partial charge in [-0.1, -0.05) is 20.8 Å². The van der Waals surface area contributed by atoms with Crippen LogP contribution in [0.2, 0.25) is 0 Å². The SMILES string of the molecule is CC1C(C)C1(C)C([NH])=O. The van der Waals surface area contributed by atoms with Gasteiger partial charge in [-0.25, -0.2) is 0 Å². The van der Waals surface area contributed by atoms with E-state index in [4.69, 9.17) is 5.73 Å². The first-order valence-electron chi connectivity index (χ1n) is 3.27. The Balaban J connectivity index is 2.71. The van der Waals surface area contributed by atoms with Crippen molar-refractivity contribution < 1.29 is 4.79 Å². The largest absolute Gasteiger partial charge is 0.273 e. The van der Waals surface area contributed by atoms with Gasteiger partial charge in [0.25, 0.3) is 0 Å². The van der Waals surface area contributed by atoms with Crippen molar-refractivity contribution in [3.05, 3.63) is 0 Å². The molecule has 0 aromatic rings. The second-order valence-corrected chi connectivity index (χ2v) is 3.19. The number of hydrogen-bond acceptors (Lipinski definition) is 1. The van der Waals surface area contributed by atoms with Gasteiger partial charge < -0.3 is 0 Å². The first-order chi connectivity index (χ1) is 4.01. The minimum atomic E-state index is -0.400. The Morgan fingerprint density at radius 1 is 1.44 bits per heavy atom. The van der Waals surface area contributed by atoms with Crippen molar-refractivity contribution in [1.29, 1.82) is 0 Å². The quantitative estimate of drug-likeness (QED) is 0.518. The number of amides is 1. The Bertz CT molecular complexity index is 145. The van der Waals surface area contributed by atoms with Crippen molar-refractivity contribution in [2.75, 3.05) is 0 Å². The number of rotatable bonds is 1. The van der Waals surface area contributed by atoms with Gasteiger partial charge in [0.1, 0.15) is 0 Å². The molecule has 9 heavy (non-hydrogen) atoms. The Kier molecular flexibility index (Phi) is 1.09. The van der Waals surface area contributed by atoms with E-state index in [0.29, 0.717) is 11.8 Å². The highest BCUT2D eigenvalue weighted by atomic mass is 16.1. The van der Waals surface area contributed by atoms with Crippen LogP contribution in [-0.2, 0) is 4.79 Å². The summed E-state index contributed by atoms with van der Waals surface area (Å²) < 4.78 is 0. The minimum absolute atomic E-state index is 0.306. The Morgan fingerprint density at radius 3 is 1.78 bits per heavy atom. The molecule has 0 aromatic heterocycles. The summed E-state index contributed by atoms with van der Waals surface area (Å²) in [6.07, 6.45) is 0. The van der Waals surface area contributed by atoms with Crippen LogP contribution < -0.4 is 5.73 Å². The molecule has 0 aliphatic heterocycles. The summed E-state index contributed by atoms with van der Waals surface area (Å²) in [7, 11) is 0. The molecule has 1 aliphatic rings. The summed E-state index contributed by atoms with van der Waals surface area (Å²) in [6.45, 7) is 5.92. The summed E-state index contributed by atoms with van der Waals surface area (Å²) in [5.41, 5.74) is 6.61. The Hall–Kier alpha value is -0.530. The fourth-order valence-corrected chi connectivity index (χ4v) is 1.40. The number of nitrogens with one attached hydrogen (secondary N) is 1. The Morgan fingerprint density at radius 2 is 1.78 bits per heavy atom. The van der Waals surface area contributed by atoms with Crippen LogP contribution >= 0.6 is 0 Å². The molecule has 1 fully saturated rings. The smallest absolute Gasteiger partial charge is 0.244 e. The van der Waals surface area contributed by atoms with E-state index in [-0.39, 0.29) is 5.41 Å². The van der Waals surface area contributed by atoms with E-state index in [1.54, 1.807) is 0 Å². The van der Waals surface area contributed by atoms with Crippen molar-refractivity contribution in [2.24, 2.45) is 17.3 Å². The van der Waals surface area contributed by atoms with E-state index in [2.05, 4.69) is 0 Å². The molecule has 51 valence electrons. The fraction of sp³-hybridized carbons (Fsp3) is 0.857. The molecule has 0 aromatic carbocycles. The van der Waals surface area contributed by atoms with E-state index in [0.717, 1.165) is 0 Å². The second kappa shape index (κ2) is 1.49. The molecule has 2 unspecified atom stereocenters. The van der Waals surface area contributed by atoms with Gasteiger partial charge in [0.05, 0.1) is 5.41 Å². The van der Waals surface area contributed by atoms with E-state index in [1.165, 1.54) is 0 Å². The molecule has 0 heterocycles. The highest BCUT2D eigenvalue weighted by molar-refractivity contribution is 5.83. The first-order valence-corrected chi connectivity index (χ1v) is 3.27. The lowest BCUT2D eigenvalue weighted by Crippen LogP contribution is -2.15. The minimum Gasteiger partial charge on any atom is -0.273 e. The summed E-state index contributed by atoms with van der Waals surface area (Å²) in [4.78, 5) is 10.6. The highest BCUT2D eigenvalue weighted by Gasteiger charge is 2.60. The molecule has 0 spiro atoms. The zero-order valence-corrected chi connectivity index (χ0v) is 6.06. The topological polar surface area (TPSA) is 40.9 Å². The Labute approximate surface area is 55.4 Å². The maximum atomic E-state index is 10.6. The molecule has 0 saturated heterocycles. The standard InChI is InChI=1S/C7H12NO/c1-4-5(2)7(4,3)6(8)9/h4-5,8H,1-3H3. The lowest BCUT2D eigenvalue weighted by Gasteiger charge is -2.00. The van der Waals surface area contributed by atoms with Gasteiger partial charge in [0, 0.05) is 0 Å². The average molecular weight is 126 g/mol. The van der Waals surface area contributed by atoms with Gasteiger partial charge >= 0.3 is 0 Å². The lowest BCUT2D eigenvalue weighted by molar-refractivity contribution is -0.123. The van der Waals surface area contributed by atoms with Gasteiger partial charge in [-0.3, -0.25) is 10.5 Å². The van der Waals surface area contributed by atoms with E-state index in [9.17, 15) is 4.79 Å². The second-order valence-electron chi connectivity index (χ2n) is 3.19. The maximum absolute atomic E-state index is 10.6. The third kappa shape index (κ3) is 0.590. The van der Waals surface area contributed by atoms with E-state index < -0.39 is 5.91 Å². The summed E-state index contributed by atoms with van der Waals surface area (Å²) in [5.74, 6) is 0.438. The van der Waals surface area contributed by atoms with Crippen molar-refractivity contribution >= 4 is 5.91 Å². The van der Waals surface area contributed by atoms with Crippen molar-refractivity contribution in [2.45, 2.75) is 20.8 Å². The molecule has 0 bridgehead atoms. The predicted octanol–water partition coefficient (Wildman–Crippen LogP) is 1.09. The first kappa shape index (κ1) is 6.59. The summed E-state index contributed by atoms with van der Waals surface area (Å²) in [6, 6.07) is 0. The highest BCUT2D eigenvalue weighted by Crippen LogP contribution is 2.57. The third-order valence-electron chi connectivity index (χ3n) is 3.02. The number of carbonyl (C=O) groups excluding carboxylic acids is 1. The molecule has 2 heteroatoms. The fourth-order valence-electron chi connectivity index (χ4n) is 1.40. The molecular weight excluding hydrogens is 114 g/mol. The van der Waals surface area contributed by atoms with Crippen molar-refractivity contribution in [1.82, 2.24) is 5.73 Å². The molecule has 2 nitrogen and oxygen atoms in total. The molecule has 1 radical (unpaired) electrons. The third-order valence-corrected chi connectivity index (χ3v) is 3.02. The molecule has 1 aliphatic carbocycles. The lowest BCUT2D eigenvalue weighted by atomic mass is 10.1. The van der Waals surface area contributed by atoms with Gasteiger partial charge in [-0.15, -0.1) is 0 Å². The van der Waals surface area contributed by atoms with Crippen LogP contribution in [0.25, 0.3) is 0 Å². The normalized spacial score (nSPS) is 48.8. The zero-order valence-electron chi connectivity index (χ0n) is 6.06. The summed E-state index contributed by atoms with van der Waals surface area (Å²) >= 11 is 0. The van der Waals surface area contributed by atoms with Gasteiger partial charge in [0.2, 0.25) is 5.91 Å². The van der Waals surface area contributed by atoms with Crippen LogP contribution in [0, 0.1) is 17.3 Å². The van der Waals surface area contributed by atoms with Crippen LogP contribution in [0.5, 0.6) is 0 Å². The summed E-state index contributed by atoms with van der Waals surface area (Å²) in [5, 5.41) is 0. The van der Waals surface area contributed by atoms with E-state index in [1.807, 2.05) is 20.8 Å².